The summed E-state index contributed by atoms with van der Waals surface area (Å²) < 4.78 is 5.12. The van der Waals surface area contributed by atoms with E-state index in [0.717, 1.165) is 32.7 Å². The van der Waals surface area contributed by atoms with Crippen molar-refractivity contribution in [3.63, 3.8) is 0 Å². The van der Waals surface area contributed by atoms with Gasteiger partial charge in [-0.05, 0) is 47.7 Å². The van der Waals surface area contributed by atoms with Crippen LogP contribution in [0.5, 0.6) is 0 Å². The molecule has 3 aromatic rings. The first kappa shape index (κ1) is 19.6. The van der Waals surface area contributed by atoms with Gasteiger partial charge in [0.05, 0.1) is 6.26 Å². The first-order chi connectivity index (χ1) is 15.2. The third-order valence-corrected chi connectivity index (χ3v) is 6.21. The van der Waals surface area contributed by atoms with E-state index >= 15 is 0 Å². The molecule has 2 unspecified atom stereocenters. The van der Waals surface area contributed by atoms with Gasteiger partial charge in [0.2, 0.25) is 0 Å². The van der Waals surface area contributed by atoms with Gasteiger partial charge in [-0.2, -0.15) is 0 Å². The van der Waals surface area contributed by atoms with Gasteiger partial charge in [-0.25, -0.2) is 0 Å². The van der Waals surface area contributed by atoms with Gasteiger partial charge >= 0.3 is 0 Å². The summed E-state index contributed by atoms with van der Waals surface area (Å²) in [5.41, 5.74) is 2.52. The highest BCUT2D eigenvalue weighted by Gasteiger charge is 2.41. The molecule has 0 spiro atoms. The summed E-state index contributed by atoms with van der Waals surface area (Å²) in [5, 5.41) is 2.79. The van der Waals surface area contributed by atoms with Crippen LogP contribution in [-0.4, -0.2) is 47.8 Å². The van der Waals surface area contributed by atoms with Crippen LogP contribution in [0, 0.1) is 11.8 Å². The zero-order valence-corrected chi connectivity index (χ0v) is 17.2. The number of nitrogens with one attached hydrogen (secondary N) is 1. The molecule has 2 aromatic carbocycles. The van der Waals surface area contributed by atoms with Crippen LogP contribution < -0.4 is 5.32 Å². The predicted octanol–water partition coefficient (Wildman–Crippen LogP) is 3.74. The topological polar surface area (TPSA) is 65.8 Å². The van der Waals surface area contributed by atoms with E-state index in [1.807, 2.05) is 11.0 Å². The second-order valence-electron chi connectivity index (χ2n) is 8.42. The maximum Gasteiger partial charge on any atom is 0.291 e. The maximum absolute atomic E-state index is 13.1. The molecule has 2 amide bonds. The molecular formula is C25H25N3O3. The Bertz CT molecular complexity index is 1050. The highest BCUT2D eigenvalue weighted by molar-refractivity contribution is 6.03. The Morgan fingerprint density at radius 1 is 0.903 bits per heavy atom. The summed E-state index contributed by atoms with van der Waals surface area (Å²) in [6.45, 7) is 4.61. The van der Waals surface area contributed by atoms with Gasteiger partial charge in [0.25, 0.3) is 11.8 Å². The largest absolute Gasteiger partial charge is 0.459 e. The molecule has 2 aliphatic heterocycles. The number of hydrogen-bond acceptors (Lipinski definition) is 4. The lowest BCUT2D eigenvalue weighted by Crippen LogP contribution is -2.33. The van der Waals surface area contributed by atoms with Gasteiger partial charge in [-0.15, -0.1) is 0 Å². The number of carbonyl (C=O) groups excluding carboxylic acids is 2. The van der Waals surface area contributed by atoms with E-state index < -0.39 is 0 Å². The fourth-order valence-electron chi connectivity index (χ4n) is 4.74. The summed E-state index contributed by atoms with van der Waals surface area (Å²) in [6.07, 6.45) is 1.46. The number of amides is 2. The Morgan fingerprint density at radius 2 is 1.68 bits per heavy atom. The number of fused-ring (bicyclic) bond motifs is 1. The summed E-state index contributed by atoms with van der Waals surface area (Å²) in [6, 6.07) is 20.9. The van der Waals surface area contributed by atoms with Gasteiger partial charge in [0.1, 0.15) is 0 Å². The molecule has 2 aliphatic rings. The highest BCUT2D eigenvalue weighted by atomic mass is 16.3. The molecule has 1 N–H and O–H groups in total. The van der Waals surface area contributed by atoms with Gasteiger partial charge in [0.15, 0.2) is 5.76 Å². The standard InChI is InChI=1S/C25H25N3O3/c29-24(23-10-5-11-31-23)26-22-9-4-8-19(12-22)25(30)28-16-20-14-27(15-21(20)17-28)13-18-6-2-1-3-7-18/h1-12,20-21H,13-17H2,(H,26,29). The second kappa shape index (κ2) is 8.40. The molecule has 31 heavy (non-hydrogen) atoms. The van der Waals surface area contributed by atoms with Crippen LogP contribution >= 0.6 is 0 Å². The zero-order chi connectivity index (χ0) is 21.2. The van der Waals surface area contributed by atoms with Crippen molar-refractivity contribution in [3.05, 3.63) is 89.9 Å². The highest BCUT2D eigenvalue weighted by Crippen LogP contribution is 2.32. The molecule has 0 radical (unpaired) electrons. The van der Waals surface area contributed by atoms with Crippen LogP contribution in [0.25, 0.3) is 0 Å². The lowest BCUT2D eigenvalue weighted by Gasteiger charge is -2.22. The number of nitrogens with zero attached hydrogens (tertiary/aromatic N) is 2. The molecule has 0 bridgehead atoms. The number of likely N-dealkylation sites (tertiary alicyclic amines) is 2. The molecule has 158 valence electrons. The van der Waals surface area contributed by atoms with Crippen LogP contribution in [-0.2, 0) is 6.54 Å². The number of carbonyl (C=O) groups is 2. The third kappa shape index (κ3) is 4.25. The Kier molecular flexibility index (Phi) is 5.30. The van der Waals surface area contributed by atoms with E-state index in [9.17, 15) is 9.59 Å². The Labute approximate surface area is 181 Å². The second-order valence-corrected chi connectivity index (χ2v) is 8.42. The molecule has 0 aliphatic carbocycles. The molecule has 6 heteroatoms. The summed E-state index contributed by atoms with van der Waals surface area (Å²) in [5.74, 6) is 0.982. The van der Waals surface area contributed by atoms with Crippen molar-refractivity contribution in [1.29, 1.82) is 0 Å². The van der Waals surface area contributed by atoms with Gasteiger partial charge in [-0.3, -0.25) is 14.5 Å². The molecular weight excluding hydrogens is 390 g/mol. The molecule has 0 saturated carbocycles. The zero-order valence-electron chi connectivity index (χ0n) is 17.2. The first-order valence-electron chi connectivity index (χ1n) is 10.7. The van der Waals surface area contributed by atoms with Gasteiger partial charge in [0, 0.05) is 44.0 Å². The van der Waals surface area contributed by atoms with E-state index in [4.69, 9.17) is 4.42 Å². The maximum atomic E-state index is 13.1. The van der Waals surface area contributed by atoms with Gasteiger partial charge < -0.3 is 14.6 Å². The summed E-state index contributed by atoms with van der Waals surface area (Å²) >= 11 is 0. The normalized spacial score (nSPS) is 20.6. The van der Waals surface area contributed by atoms with Crippen molar-refractivity contribution >= 4 is 17.5 Å². The molecule has 2 atom stereocenters. The van der Waals surface area contributed by atoms with Crippen molar-refractivity contribution in [2.75, 3.05) is 31.5 Å². The predicted molar refractivity (Wildman–Crippen MR) is 118 cm³/mol. The lowest BCUT2D eigenvalue weighted by atomic mass is 10.0. The summed E-state index contributed by atoms with van der Waals surface area (Å²) in [4.78, 5) is 29.8. The van der Waals surface area contributed by atoms with E-state index in [-0.39, 0.29) is 17.6 Å². The minimum Gasteiger partial charge on any atom is -0.459 e. The molecule has 3 heterocycles. The Hall–Kier alpha value is -3.38. The average Bonchev–Trinajstić information content (AvgIpc) is 3.51. The van der Waals surface area contributed by atoms with Crippen LogP contribution in [0.1, 0.15) is 26.5 Å². The first-order valence-corrected chi connectivity index (χ1v) is 10.7. The molecule has 1 aromatic heterocycles. The number of hydrogen-bond donors (Lipinski definition) is 1. The fourth-order valence-corrected chi connectivity index (χ4v) is 4.74. The Balaban J connectivity index is 1.19. The summed E-state index contributed by atoms with van der Waals surface area (Å²) in [7, 11) is 0. The molecule has 2 fully saturated rings. The van der Waals surface area contributed by atoms with E-state index in [0.29, 0.717) is 23.1 Å². The average molecular weight is 415 g/mol. The molecule has 2 saturated heterocycles. The number of furan rings is 1. The minimum atomic E-state index is -0.330. The van der Waals surface area contributed by atoms with Gasteiger partial charge in [-0.1, -0.05) is 36.4 Å². The molecule has 6 nitrogen and oxygen atoms in total. The van der Waals surface area contributed by atoms with E-state index in [2.05, 4.69) is 34.5 Å². The van der Waals surface area contributed by atoms with Crippen LogP contribution in [0.2, 0.25) is 0 Å². The van der Waals surface area contributed by atoms with E-state index in [1.165, 1.54) is 11.8 Å². The van der Waals surface area contributed by atoms with Crippen molar-refractivity contribution in [2.24, 2.45) is 11.8 Å². The van der Waals surface area contributed by atoms with E-state index in [1.54, 1.807) is 36.4 Å². The third-order valence-electron chi connectivity index (χ3n) is 6.21. The van der Waals surface area contributed by atoms with Crippen molar-refractivity contribution in [1.82, 2.24) is 9.80 Å². The minimum absolute atomic E-state index is 0.0260. The lowest BCUT2D eigenvalue weighted by molar-refractivity contribution is 0.0773. The van der Waals surface area contributed by atoms with Crippen molar-refractivity contribution < 1.29 is 14.0 Å². The molecule has 5 rings (SSSR count). The van der Waals surface area contributed by atoms with Crippen LogP contribution in [0.4, 0.5) is 5.69 Å². The number of anilines is 1. The smallest absolute Gasteiger partial charge is 0.291 e. The quantitative estimate of drug-likeness (QED) is 0.690. The van der Waals surface area contributed by atoms with Crippen LogP contribution in [0.15, 0.2) is 77.4 Å². The van der Waals surface area contributed by atoms with Crippen molar-refractivity contribution in [3.8, 4) is 0 Å². The fraction of sp³-hybridized carbons (Fsp3) is 0.280. The number of rotatable bonds is 5. The SMILES string of the molecule is O=C(Nc1cccc(C(=O)N2CC3CN(Cc4ccccc4)CC3C2)c1)c1ccco1. The monoisotopic (exact) mass is 415 g/mol. The van der Waals surface area contributed by atoms with Crippen LogP contribution in [0.3, 0.4) is 0 Å². The number of benzene rings is 2. The van der Waals surface area contributed by atoms with Crippen molar-refractivity contribution in [2.45, 2.75) is 6.54 Å². The Morgan fingerprint density at radius 3 is 2.39 bits per heavy atom.